The molecule has 1 atom stereocenters. The zero-order valence-electron chi connectivity index (χ0n) is 14.2. The van der Waals surface area contributed by atoms with Crippen LogP contribution in [0.2, 0.25) is 0 Å². The second-order valence-corrected chi connectivity index (χ2v) is 8.42. The van der Waals surface area contributed by atoms with Crippen molar-refractivity contribution in [2.75, 3.05) is 19.6 Å². The van der Waals surface area contributed by atoms with Gasteiger partial charge in [0.1, 0.15) is 0 Å². The van der Waals surface area contributed by atoms with Crippen LogP contribution in [0.4, 0.5) is 0 Å². The molecule has 1 heterocycles. The lowest BCUT2D eigenvalue weighted by Gasteiger charge is -2.39. The van der Waals surface area contributed by atoms with E-state index in [0.717, 1.165) is 18.7 Å². The summed E-state index contributed by atoms with van der Waals surface area (Å²) < 4.78 is 27.3. The van der Waals surface area contributed by atoms with Crippen molar-refractivity contribution in [3.05, 3.63) is 65.7 Å². The van der Waals surface area contributed by atoms with Gasteiger partial charge < -0.3 is 0 Å². The lowest BCUT2D eigenvalue weighted by Crippen LogP contribution is -2.53. The Labute approximate surface area is 144 Å². The summed E-state index contributed by atoms with van der Waals surface area (Å²) >= 11 is 0. The first-order valence-corrected chi connectivity index (χ1v) is 9.75. The van der Waals surface area contributed by atoms with Gasteiger partial charge in [-0.3, -0.25) is 4.90 Å². The molecule has 4 nitrogen and oxygen atoms in total. The summed E-state index contributed by atoms with van der Waals surface area (Å²) in [5.41, 5.74) is 2.23. The molecule has 1 aliphatic heterocycles. The minimum atomic E-state index is -3.41. The van der Waals surface area contributed by atoms with E-state index in [1.807, 2.05) is 31.2 Å². The highest BCUT2D eigenvalue weighted by atomic mass is 32.2. The Morgan fingerprint density at radius 3 is 2.46 bits per heavy atom. The van der Waals surface area contributed by atoms with Crippen molar-refractivity contribution in [1.82, 2.24) is 9.21 Å². The number of aryl methyl sites for hydroxylation is 1. The van der Waals surface area contributed by atoms with E-state index in [9.17, 15) is 8.42 Å². The molecule has 2 aromatic rings. The molecule has 0 aliphatic carbocycles. The van der Waals surface area contributed by atoms with Gasteiger partial charge in [-0.05, 0) is 37.1 Å². The number of hydrogen-bond donors (Lipinski definition) is 0. The van der Waals surface area contributed by atoms with Crippen LogP contribution in [0.5, 0.6) is 0 Å². The zero-order valence-corrected chi connectivity index (χ0v) is 15.0. The van der Waals surface area contributed by atoms with E-state index in [4.69, 9.17) is 0 Å². The quantitative estimate of drug-likeness (QED) is 0.856. The largest absolute Gasteiger partial charge is 0.294 e. The Morgan fingerprint density at radius 1 is 1.04 bits per heavy atom. The lowest BCUT2D eigenvalue weighted by atomic mass is 10.1. The van der Waals surface area contributed by atoms with E-state index in [1.165, 1.54) is 5.56 Å². The predicted molar refractivity (Wildman–Crippen MR) is 96.3 cm³/mol. The van der Waals surface area contributed by atoms with Gasteiger partial charge in [0.15, 0.2) is 0 Å². The molecular formula is C19H24N2O2S. The lowest BCUT2D eigenvalue weighted by molar-refractivity contribution is 0.122. The standard InChI is InChI=1S/C19H24N2O2S/c1-16-7-6-10-19(13-16)24(22,23)21-12-11-20(17(2)14-21)15-18-8-4-3-5-9-18/h3-10,13,17H,11-12,14-15H2,1-2H3. The van der Waals surface area contributed by atoms with Crippen molar-refractivity contribution >= 4 is 10.0 Å². The van der Waals surface area contributed by atoms with Crippen molar-refractivity contribution in [2.45, 2.75) is 31.3 Å². The SMILES string of the molecule is Cc1cccc(S(=O)(=O)N2CCN(Cc3ccccc3)C(C)C2)c1. The van der Waals surface area contributed by atoms with E-state index in [2.05, 4.69) is 24.0 Å². The predicted octanol–water partition coefficient (Wildman–Crippen LogP) is 2.89. The van der Waals surface area contributed by atoms with Crippen LogP contribution in [0, 0.1) is 6.92 Å². The van der Waals surface area contributed by atoms with E-state index in [0.29, 0.717) is 18.0 Å². The number of hydrogen-bond acceptors (Lipinski definition) is 3. The van der Waals surface area contributed by atoms with Crippen LogP contribution in [0.3, 0.4) is 0 Å². The monoisotopic (exact) mass is 344 g/mol. The summed E-state index contributed by atoms with van der Waals surface area (Å²) in [4.78, 5) is 2.74. The van der Waals surface area contributed by atoms with Crippen LogP contribution in [0.25, 0.3) is 0 Å². The topological polar surface area (TPSA) is 40.6 Å². The molecule has 24 heavy (non-hydrogen) atoms. The van der Waals surface area contributed by atoms with Gasteiger partial charge in [0.25, 0.3) is 0 Å². The summed E-state index contributed by atoms with van der Waals surface area (Å²) in [6.07, 6.45) is 0. The van der Waals surface area contributed by atoms with Gasteiger partial charge >= 0.3 is 0 Å². The molecule has 0 spiro atoms. The minimum absolute atomic E-state index is 0.193. The van der Waals surface area contributed by atoms with Crippen molar-refractivity contribution in [2.24, 2.45) is 0 Å². The van der Waals surface area contributed by atoms with E-state index in [1.54, 1.807) is 22.5 Å². The van der Waals surface area contributed by atoms with E-state index >= 15 is 0 Å². The normalized spacial score (nSPS) is 20.2. The molecule has 0 amide bonds. The van der Waals surface area contributed by atoms with Gasteiger partial charge in [0.2, 0.25) is 10.0 Å². The third kappa shape index (κ3) is 3.69. The average Bonchev–Trinajstić information content (AvgIpc) is 2.57. The summed E-state index contributed by atoms with van der Waals surface area (Å²) in [7, 11) is -3.41. The molecule has 128 valence electrons. The average molecular weight is 344 g/mol. The maximum absolute atomic E-state index is 12.9. The molecule has 1 aliphatic rings. The Bertz CT molecular complexity index is 790. The van der Waals surface area contributed by atoms with Crippen LogP contribution in [0.15, 0.2) is 59.5 Å². The fourth-order valence-electron chi connectivity index (χ4n) is 3.16. The van der Waals surface area contributed by atoms with Crippen molar-refractivity contribution in [3.63, 3.8) is 0 Å². The molecule has 0 N–H and O–H groups in total. The van der Waals surface area contributed by atoms with Gasteiger partial charge in [-0.2, -0.15) is 4.31 Å². The van der Waals surface area contributed by atoms with E-state index < -0.39 is 10.0 Å². The number of nitrogens with zero attached hydrogens (tertiary/aromatic N) is 2. The van der Waals surface area contributed by atoms with Crippen molar-refractivity contribution in [3.8, 4) is 0 Å². The fraction of sp³-hybridized carbons (Fsp3) is 0.368. The second kappa shape index (κ2) is 7.05. The van der Waals surface area contributed by atoms with Gasteiger partial charge in [-0.15, -0.1) is 0 Å². The van der Waals surface area contributed by atoms with Gasteiger partial charge in [0, 0.05) is 32.2 Å². The molecule has 0 radical (unpaired) electrons. The Morgan fingerprint density at radius 2 is 1.79 bits per heavy atom. The third-order valence-electron chi connectivity index (χ3n) is 4.58. The Hall–Kier alpha value is -1.69. The highest BCUT2D eigenvalue weighted by Gasteiger charge is 2.32. The summed E-state index contributed by atoms with van der Waals surface area (Å²) in [5.74, 6) is 0. The Balaban J connectivity index is 1.71. The number of benzene rings is 2. The summed E-state index contributed by atoms with van der Waals surface area (Å²) in [5, 5.41) is 0. The van der Waals surface area contributed by atoms with Gasteiger partial charge in [-0.1, -0.05) is 42.5 Å². The molecular weight excluding hydrogens is 320 g/mol. The van der Waals surface area contributed by atoms with Crippen LogP contribution in [-0.4, -0.2) is 43.3 Å². The molecule has 1 unspecified atom stereocenters. The molecule has 2 aromatic carbocycles. The summed E-state index contributed by atoms with van der Waals surface area (Å²) in [6, 6.07) is 17.7. The van der Waals surface area contributed by atoms with Crippen molar-refractivity contribution in [1.29, 1.82) is 0 Å². The smallest absolute Gasteiger partial charge is 0.243 e. The van der Waals surface area contributed by atoms with Crippen LogP contribution >= 0.6 is 0 Å². The highest BCUT2D eigenvalue weighted by Crippen LogP contribution is 2.22. The van der Waals surface area contributed by atoms with Crippen LogP contribution in [0.1, 0.15) is 18.1 Å². The second-order valence-electron chi connectivity index (χ2n) is 6.48. The third-order valence-corrected chi connectivity index (χ3v) is 6.44. The van der Waals surface area contributed by atoms with Gasteiger partial charge in [0.05, 0.1) is 4.90 Å². The minimum Gasteiger partial charge on any atom is -0.294 e. The highest BCUT2D eigenvalue weighted by molar-refractivity contribution is 7.89. The molecule has 0 bridgehead atoms. The first kappa shape index (κ1) is 17.1. The molecule has 0 saturated carbocycles. The molecule has 5 heteroatoms. The molecule has 3 rings (SSSR count). The first-order chi connectivity index (χ1) is 11.5. The fourth-order valence-corrected chi connectivity index (χ4v) is 4.78. The zero-order chi connectivity index (χ0) is 17.2. The van der Waals surface area contributed by atoms with E-state index in [-0.39, 0.29) is 6.04 Å². The molecule has 1 saturated heterocycles. The van der Waals surface area contributed by atoms with Crippen LogP contribution in [-0.2, 0) is 16.6 Å². The van der Waals surface area contributed by atoms with Crippen molar-refractivity contribution < 1.29 is 8.42 Å². The number of rotatable bonds is 4. The van der Waals surface area contributed by atoms with Crippen LogP contribution < -0.4 is 0 Å². The number of sulfonamides is 1. The maximum Gasteiger partial charge on any atom is 0.243 e. The molecule has 1 fully saturated rings. The summed E-state index contributed by atoms with van der Waals surface area (Å²) in [6.45, 7) is 6.69. The first-order valence-electron chi connectivity index (χ1n) is 8.31. The maximum atomic E-state index is 12.9. The molecule has 0 aromatic heterocycles. The number of piperazine rings is 1. The van der Waals surface area contributed by atoms with Gasteiger partial charge in [-0.25, -0.2) is 8.42 Å². The Kier molecular flexibility index (Phi) is 5.04.